The first-order valence-corrected chi connectivity index (χ1v) is 8.55. The Morgan fingerprint density at radius 3 is 2.44 bits per heavy atom. The summed E-state index contributed by atoms with van der Waals surface area (Å²) in [6, 6.07) is 14.7. The van der Waals surface area contributed by atoms with Crippen LogP contribution in [0, 0.1) is 0 Å². The first-order chi connectivity index (χ1) is 12.2. The lowest BCUT2D eigenvalue weighted by Gasteiger charge is -2.22. The molecular weight excluding hydrogens is 312 g/mol. The Balaban J connectivity index is 1.47. The fraction of sp³-hybridized carbons (Fsp3) is 0.300. The van der Waals surface area contributed by atoms with Crippen LogP contribution in [0.3, 0.4) is 0 Å². The van der Waals surface area contributed by atoms with E-state index in [9.17, 15) is 0 Å². The third kappa shape index (κ3) is 4.90. The van der Waals surface area contributed by atoms with Gasteiger partial charge in [0.15, 0.2) is 0 Å². The van der Waals surface area contributed by atoms with Crippen molar-refractivity contribution in [2.45, 2.75) is 39.1 Å². The van der Waals surface area contributed by atoms with E-state index in [1.54, 1.807) is 12.4 Å². The zero-order chi connectivity index (χ0) is 17.5. The lowest BCUT2D eigenvalue weighted by atomic mass is 10.1. The molecule has 2 heterocycles. The summed E-state index contributed by atoms with van der Waals surface area (Å²) in [5, 5.41) is 7.86. The van der Waals surface area contributed by atoms with Gasteiger partial charge in [0, 0.05) is 37.4 Å². The summed E-state index contributed by atoms with van der Waals surface area (Å²) in [6.07, 6.45) is 7.36. The van der Waals surface area contributed by atoms with Gasteiger partial charge in [-0.15, -0.1) is 0 Å². The molecule has 1 aromatic carbocycles. The van der Waals surface area contributed by atoms with E-state index >= 15 is 0 Å². The number of ether oxygens (including phenoxy) is 1. The second kappa shape index (κ2) is 8.44. The van der Waals surface area contributed by atoms with Crippen molar-refractivity contribution in [3.63, 3.8) is 0 Å². The largest absolute Gasteiger partial charge is 0.489 e. The van der Waals surface area contributed by atoms with Crippen molar-refractivity contribution in [2.24, 2.45) is 0 Å². The summed E-state index contributed by atoms with van der Waals surface area (Å²) in [6.45, 7) is 5.72. The minimum Gasteiger partial charge on any atom is -0.489 e. The van der Waals surface area contributed by atoms with E-state index in [-0.39, 0.29) is 0 Å². The number of nitrogens with zero attached hydrogens (tertiary/aromatic N) is 3. The highest BCUT2D eigenvalue weighted by atomic mass is 16.5. The van der Waals surface area contributed by atoms with Crippen LogP contribution in [0.2, 0.25) is 0 Å². The van der Waals surface area contributed by atoms with Gasteiger partial charge in [-0.1, -0.05) is 12.1 Å². The maximum absolute atomic E-state index is 5.80. The standard InChI is InChI=1S/C20H24N4O/c1-16(17(2)24-13-3-10-23-24)22-14-18-4-6-20(7-5-18)25-15-19-8-11-21-12-9-19/h3-13,16-17,22H,14-15H2,1-2H3/t16-,17-/m1/s1. The first-order valence-electron chi connectivity index (χ1n) is 8.55. The van der Waals surface area contributed by atoms with Crippen LogP contribution < -0.4 is 10.1 Å². The van der Waals surface area contributed by atoms with Crippen LogP contribution in [0.1, 0.15) is 31.0 Å². The monoisotopic (exact) mass is 336 g/mol. The van der Waals surface area contributed by atoms with Gasteiger partial charge in [-0.2, -0.15) is 5.10 Å². The average Bonchev–Trinajstić information content (AvgIpc) is 3.20. The van der Waals surface area contributed by atoms with Gasteiger partial charge >= 0.3 is 0 Å². The van der Waals surface area contributed by atoms with Gasteiger partial charge in [0.1, 0.15) is 12.4 Å². The SMILES string of the molecule is C[C@H]([C@@H](C)NCc1ccc(OCc2ccncc2)cc1)n1cccn1. The highest BCUT2D eigenvalue weighted by molar-refractivity contribution is 5.27. The van der Waals surface area contributed by atoms with Crippen molar-refractivity contribution in [2.75, 3.05) is 0 Å². The summed E-state index contributed by atoms with van der Waals surface area (Å²) in [5.74, 6) is 0.874. The Bertz CT molecular complexity index is 741. The molecule has 5 nitrogen and oxygen atoms in total. The van der Waals surface area contributed by atoms with Crippen LogP contribution >= 0.6 is 0 Å². The lowest BCUT2D eigenvalue weighted by Crippen LogP contribution is -2.33. The van der Waals surface area contributed by atoms with Gasteiger partial charge < -0.3 is 10.1 Å². The van der Waals surface area contributed by atoms with E-state index in [2.05, 4.69) is 41.4 Å². The molecule has 3 aromatic rings. The molecule has 3 rings (SSSR count). The van der Waals surface area contributed by atoms with E-state index < -0.39 is 0 Å². The van der Waals surface area contributed by atoms with Gasteiger partial charge in [0.2, 0.25) is 0 Å². The molecule has 2 aromatic heterocycles. The molecule has 0 saturated heterocycles. The molecule has 2 atom stereocenters. The zero-order valence-electron chi connectivity index (χ0n) is 14.7. The van der Waals surface area contributed by atoms with Gasteiger partial charge in [0.05, 0.1) is 6.04 Å². The number of pyridine rings is 1. The number of aromatic nitrogens is 3. The van der Waals surface area contributed by atoms with Crippen LogP contribution in [0.4, 0.5) is 0 Å². The summed E-state index contributed by atoms with van der Waals surface area (Å²) in [4.78, 5) is 4.01. The second-order valence-electron chi connectivity index (χ2n) is 6.18. The van der Waals surface area contributed by atoms with Crippen LogP contribution in [0.5, 0.6) is 5.75 Å². The molecular formula is C20H24N4O. The smallest absolute Gasteiger partial charge is 0.119 e. The minimum atomic E-state index is 0.304. The molecule has 0 bridgehead atoms. The topological polar surface area (TPSA) is 52.0 Å². The molecule has 130 valence electrons. The number of rotatable bonds is 8. The van der Waals surface area contributed by atoms with Gasteiger partial charge in [0.25, 0.3) is 0 Å². The van der Waals surface area contributed by atoms with Crippen molar-refractivity contribution in [3.8, 4) is 5.75 Å². The van der Waals surface area contributed by atoms with Crippen LogP contribution in [0.25, 0.3) is 0 Å². The Hall–Kier alpha value is -2.66. The number of benzene rings is 1. The number of hydrogen-bond donors (Lipinski definition) is 1. The van der Waals surface area contributed by atoms with Gasteiger partial charge in [-0.3, -0.25) is 9.67 Å². The molecule has 0 amide bonds. The lowest BCUT2D eigenvalue weighted by molar-refractivity contribution is 0.306. The van der Waals surface area contributed by atoms with Gasteiger partial charge in [-0.05, 0) is 55.3 Å². The first kappa shape index (κ1) is 17.2. The van der Waals surface area contributed by atoms with Crippen molar-refractivity contribution in [1.29, 1.82) is 0 Å². The number of hydrogen-bond acceptors (Lipinski definition) is 4. The molecule has 0 unspecified atom stereocenters. The summed E-state index contributed by atoms with van der Waals surface area (Å²) in [7, 11) is 0. The third-order valence-corrected chi connectivity index (χ3v) is 4.37. The summed E-state index contributed by atoms with van der Waals surface area (Å²) < 4.78 is 7.78. The molecule has 1 N–H and O–H groups in total. The molecule has 25 heavy (non-hydrogen) atoms. The maximum atomic E-state index is 5.80. The van der Waals surface area contributed by atoms with Gasteiger partial charge in [-0.25, -0.2) is 0 Å². The van der Waals surface area contributed by atoms with Crippen molar-refractivity contribution in [1.82, 2.24) is 20.1 Å². The van der Waals surface area contributed by atoms with E-state index in [1.165, 1.54) is 5.56 Å². The van der Waals surface area contributed by atoms with Crippen molar-refractivity contribution in [3.05, 3.63) is 78.4 Å². The fourth-order valence-corrected chi connectivity index (χ4v) is 2.55. The summed E-state index contributed by atoms with van der Waals surface area (Å²) in [5.41, 5.74) is 2.35. The van der Waals surface area contributed by atoms with E-state index in [0.717, 1.165) is 17.9 Å². The minimum absolute atomic E-state index is 0.304. The average molecular weight is 336 g/mol. The molecule has 0 saturated carbocycles. The highest BCUT2D eigenvalue weighted by Crippen LogP contribution is 2.15. The predicted molar refractivity (Wildman–Crippen MR) is 98.3 cm³/mol. The second-order valence-corrected chi connectivity index (χ2v) is 6.18. The molecule has 0 radical (unpaired) electrons. The fourth-order valence-electron chi connectivity index (χ4n) is 2.55. The highest BCUT2D eigenvalue weighted by Gasteiger charge is 2.13. The Labute approximate surface area is 148 Å². The third-order valence-electron chi connectivity index (χ3n) is 4.37. The quantitative estimate of drug-likeness (QED) is 0.683. The van der Waals surface area contributed by atoms with Crippen LogP contribution in [-0.2, 0) is 13.2 Å². The molecule has 0 fully saturated rings. The predicted octanol–water partition coefficient (Wildman–Crippen LogP) is 3.60. The van der Waals surface area contributed by atoms with E-state index in [1.807, 2.05) is 47.4 Å². The van der Waals surface area contributed by atoms with Crippen molar-refractivity contribution >= 4 is 0 Å². The zero-order valence-corrected chi connectivity index (χ0v) is 14.7. The van der Waals surface area contributed by atoms with Crippen LogP contribution in [-0.4, -0.2) is 20.8 Å². The molecule has 5 heteroatoms. The summed E-state index contributed by atoms with van der Waals surface area (Å²) >= 11 is 0. The van der Waals surface area contributed by atoms with Crippen LogP contribution in [0.15, 0.2) is 67.3 Å². The van der Waals surface area contributed by atoms with E-state index in [0.29, 0.717) is 18.7 Å². The number of nitrogens with one attached hydrogen (secondary N) is 1. The van der Waals surface area contributed by atoms with Crippen molar-refractivity contribution < 1.29 is 4.74 Å². The Kier molecular flexibility index (Phi) is 5.80. The normalized spacial score (nSPS) is 13.4. The molecule has 0 aliphatic rings. The Morgan fingerprint density at radius 1 is 1.00 bits per heavy atom. The van der Waals surface area contributed by atoms with E-state index in [4.69, 9.17) is 4.74 Å². The molecule has 0 aliphatic heterocycles. The molecule has 0 aliphatic carbocycles. The maximum Gasteiger partial charge on any atom is 0.119 e. The Morgan fingerprint density at radius 2 is 1.76 bits per heavy atom. The molecule has 0 spiro atoms.